The van der Waals surface area contributed by atoms with E-state index in [4.69, 9.17) is 0 Å². The second-order valence-corrected chi connectivity index (χ2v) is 5.51. The molecule has 23 heavy (non-hydrogen) atoms. The van der Waals surface area contributed by atoms with Crippen molar-refractivity contribution in [3.05, 3.63) is 82.9 Å². The predicted octanol–water partition coefficient (Wildman–Crippen LogP) is 3.19. The standard InChI is InChI=1S/C19H15N3O/c23-19-17-7-3-1-6-15(17)13-20-22(19)12-11-16-10-9-14-5-2-4-8-18(14)21-16/h1-10,13H,11-12H2. The molecule has 2 aromatic carbocycles. The summed E-state index contributed by atoms with van der Waals surface area (Å²) in [7, 11) is 0. The summed E-state index contributed by atoms with van der Waals surface area (Å²) >= 11 is 0. The second kappa shape index (κ2) is 5.65. The first-order valence-electron chi connectivity index (χ1n) is 7.61. The maximum atomic E-state index is 12.4. The number of fused-ring (bicyclic) bond motifs is 2. The van der Waals surface area contributed by atoms with Crippen molar-refractivity contribution < 1.29 is 0 Å². The zero-order chi connectivity index (χ0) is 15.6. The van der Waals surface area contributed by atoms with Gasteiger partial charge in [-0.2, -0.15) is 5.10 Å². The van der Waals surface area contributed by atoms with Gasteiger partial charge < -0.3 is 0 Å². The number of benzene rings is 2. The number of hydrogen-bond acceptors (Lipinski definition) is 3. The van der Waals surface area contributed by atoms with Crippen LogP contribution in [0, 0.1) is 0 Å². The Morgan fingerprint density at radius 1 is 0.870 bits per heavy atom. The summed E-state index contributed by atoms with van der Waals surface area (Å²) in [5.74, 6) is 0. The van der Waals surface area contributed by atoms with E-state index in [9.17, 15) is 4.79 Å². The van der Waals surface area contributed by atoms with Gasteiger partial charge in [-0.25, -0.2) is 4.68 Å². The highest BCUT2D eigenvalue weighted by atomic mass is 16.1. The molecule has 112 valence electrons. The minimum atomic E-state index is -0.0520. The van der Waals surface area contributed by atoms with E-state index in [1.807, 2.05) is 54.6 Å². The van der Waals surface area contributed by atoms with Crippen LogP contribution in [-0.2, 0) is 13.0 Å². The highest BCUT2D eigenvalue weighted by Gasteiger charge is 2.04. The van der Waals surface area contributed by atoms with Crippen LogP contribution in [0.15, 0.2) is 71.7 Å². The summed E-state index contributed by atoms with van der Waals surface area (Å²) in [4.78, 5) is 17.1. The molecule has 0 saturated heterocycles. The minimum Gasteiger partial charge on any atom is -0.267 e. The van der Waals surface area contributed by atoms with Gasteiger partial charge in [-0.05, 0) is 18.2 Å². The zero-order valence-electron chi connectivity index (χ0n) is 12.5. The lowest BCUT2D eigenvalue weighted by molar-refractivity contribution is 0.580. The lowest BCUT2D eigenvalue weighted by Crippen LogP contribution is -2.23. The Bertz CT molecular complexity index is 1050. The van der Waals surface area contributed by atoms with Crippen LogP contribution in [0.2, 0.25) is 0 Å². The van der Waals surface area contributed by atoms with E-state index in [2.05, 4.69) is 16.1 Å². The fourth-order valence-electron chi connectivity index (χ4n) is 2.75. The van der Waals surface area contributed by atoms with Crippen LogP contribution in [0.4, 0.5) is 0 Å². The first-order valence-corrected chi connectivity index (χ1v) is 7.61. The van der Waals surface area contributed by atoms with E-state index in [-0.39, 0.29) is 5.56 Å². The summed E-state index contributed by atoms with van der Waals surface area (Å²) in [6.45, 7) is 0.523. The quantitative estimate of drug-likeness (QED) is 0.584. The average Bonchev–Trinajstić information content (AvgIpc) is 2.61. The Labute approximate surface area is 133 Å². The smallest absolute Gasteiger partial charge is 0.267 e. The van der Waals surface area contributed by atoms with Gasteiger partial charge in [0.2, 0.25) is 0 Å². The average molecular weight is 301 g/mol. The number of aryl methyl sites for hydroxylation is 2. The Kier molecular flexibility index (Phi) is 3.35. The fourth-order valence-corrected chi connectivity index (χ4v) is 2.75. The lowest BCUT2D eigenvalue weighted by Gasteiger charge is -2.06. The van der Waals surface area contributed by atoms with Gasteiger partial charge in [0, 0.05) is 22.9 Å². The van der Waals surface area contributed by atoms with Crippen LogP contribution in [-0.4, -0.2) is 14.8 Å². The molecule has 2 aromatic heterocycles. The molecule has 0 aliphatic heterocycles. The molecule has 4 nitrogen and oxygen atoms in total. The summed E-state index contributed by atoms with van der Waals surface area (Å²) in [5, 5.41) is 6.96. The molecule has 0 atom stereocenters. The maximum absolute atomic E-state index is 12.4. The van der Waals surface area contributed by atoms with E-state index in [0.717, 1.165) is 22.0 Å². The predicted molar refractivity (Wildman–Crippen MR) is 91.5 cm³/mol. The molecule has 0 spiro atoms. The van der Waals surface area contributed by atoms with Gasteiger partial charge >= 0.3 is 0 Å². The number of rotatable bonds is 3. The van der Waals surface area contributed by atoms with Crippen molar-refractivity contribution >= 4 is 21.7 Å². The van der Waals surface area contributed by atoms with Gasteiger partial charge in [0.25, 0.3) is 5.56 Å². The molecule has 4 heteroatoms. The molecule has 0 radical (unpaired) electrons. The van der Waals surface area contributed by atoms with E-state index in [1.54, 1.807) is 6.20 Å². The van der Waals surface area contributed by atoms with Crippen LogP contribution in [0.5, 0.6) is 0 Å². The first-order chi connectivity index (χ1) is 11.3. The minimum absolute atomic E-state index is 0.0520. The van der Waals surface area contributed by atoms with Crippen molar-refractivity contribution in [3.63, 3.8) is 0 Å². The van der Waals surface area contributed by atoms with E-state index in [1.165, 1.54) is 4.68 Å². The number of pyridine rings is 1. The highest BCUT2D eigenvalue weighted by molar-refractivity contribution is 5.80. The van der Waals surface area contributed by atoms with Crippen molar-refractivity contribution in [2.75, 3.05) is 0 Å². The number of hydrogen-bond donors (Lipinski definition) is 0. The summed E-state index contributed by atoms with van der Waals surface area (Å²) in [6.07, 6.45) is 2.42. The van der Waals surface area contributed by atoms with Crippen molar-refractivity contribution in [2.45, 2.75) is 13.0 Å². The van der Waals surface area contributed by atoms with Gasteiger partial charge in [0.1, 0.15) is 0 Å². The van der Waals surface area contributed by atoms with E-state index < -0.39 is 0 Å². The monoisotopic (exact) mass is 301 g/mol. The number of nitrogens with zero attached hydrogens (tertiary/aromatic N) is 3. The van der Waals surface area contributed by atoms with Crippen molar-refractivity contribution in [2.24, 2.45) is 0 Å². The lowest BCUT2D eigenvalue weighted by atomic mass is 10.2. The van der Waals surface area contributed by atoms with Crippen LogP contribution in [0.25, 0.3) is 21.7 Å². The highest BCUT2D eigenvalue weighted by Crippen LogP contribution is 2.12. The topological polar surface area (TPSA) is 47.8 Å². The van der Waals surface area contributed by atoms with Crippen LogP contribution in [0.3, 0.4) is 0 Å². The Morgan fingerprint density at radius 3 is 2.57 bits per heavy atom. The van der Waals surface area contributed by atoms with E-state index in [0.29, 0.717) is 18.4 Å². The molecule has 2 heterocycles. The third-order valence-electron chi connectivity index (χ3n) is 4.00. The SMILES string of the molecule is O=c1c2ccccc2cnn1CCc1ccc2ccccc2n1. The molecule has 0 fully saturated rings. The molecule has 0 aliphatic rings. The van der Waals surface area contributed by atoms with Crippen molar-refractivity contribution in [3.8, 4) is 0 Å². The summed E-state index contributed by atoms with van der Waals surface area (Å²) in [5.41, 5.74) is 1.89. The van der Waals surface area contributed by atoms with E-state index >= 15 is 0 Å². The fraction of sp³-hybridized carbons (Fsp3) is 0.105. The Hall–Kier alpha value is -3.01. The maximum Gasteiger partial charge on any atom is 0.274 e. The normalized spacial score (nSPS) is 11.1. The molecule has 0 amide bonds. The molecule has 0 unspecified atom stereocenters. The molecule has 0 bridgehead atoms. The van der Waals surface area contributed by atoms with Crippen molar-refractivity contribution in [1.29, 1.82) is 0 Å². The second-order valence-electron chi connectivity index (χ2n) is 5.51. The molecular weight excluding hydrogens is 286 g/mol. The summed E-state index contributed by atoms with van der Waals surface area (Å²) in [6, 6.07) is 19.6. The van der Waals surface area contributed by atoms with Gasteiger partial charge in [-0.1, -0.05) is 42.5 Å². The van der Waals surface area contributed by atoms with Crippen LogP contribution >= 0.6 is 0 Å². The zero-order valence-corrected chi connectivity index (χ0v) is 12.5. The van der Waals surface area contributed by atoms with Crippen LogP contribution in [0.1, 0.15) is 5.69 Å². The van der Waals surface area contributed by atoms with Crippen molar-refractivity contribution in [1.82, 2.24) is 14.8 Å². The molecule has 0 saturated carbocycles. The molecule has 0 N–H and O–H groups in total. The summed E-state index contributed by atoms with van der Waals surface area (Å²) < 4.78 is 1.51. The largest absolute Gasteiger partial charge is 0.274 e. The molecule has 4 rings (SSSR count). The number of para-hydroxylation sites is 1. The Balaban J connectivity index is 1.63. The third-order valence-corrected chi connectivity index (χ3v) is 4.00. The molecular formula is C19H15N3O. The van der Waals surface area contributed by atoms with Gasteiger partial charge in [0.15, 0.2) is 0 Å². The first kappa shape index (κ1) is 13.6. The number of aromatic nitrogens is 3. The van der Waals surface area contributed by atoms with Crippen LogP contribution < -0.4 is 5.56 Å². The molecule has 4 aromatic rings. The van der Waals surface area contributed by atoms with Gasteiger partial charge in [0.05, 0.1) is 23.6 Å². The Morgan fingerprint density at radius 2 is 1.65 bits per heavy atom. The third kappa shape index (κ3) is 2.59. The molecule has 0 aliphatic carbocycles. The van der Waals surface area contributed by atoms with Gasteiger partial charge in [-0.15, -0.1) is 0 Å². The van der Waals surface area contributed by atoms with Gasteiger partial charge in [-0.3, -0.25) is 9.78 Å².